The molecule has 1 heterocycles. The highest BCUT2D eigenvalue weighted by atomic mass is 16.3. The van der Waals surface area contributed by atoms with Crippen LogP contribution in [-0.4, -0.2) is 36.8 Å². The Morgan fingerprint density at radius 2 is 2.00 bits per heavy atom. The number of carbonyl (C=O) groups is 1. The van der Waals surface area contributed by atoms with Crippen LogP contribution in [0.1, 0.15) is 32.1 Å². The van der Waals surface area contributed by atoms with E-state index in [4.69, 9.17) is 0 Å². The summed E-state index contributed by atoms with van der Waals surface area (Å²) in [6.45, 7) is 2.67. The average molecular weight is 226 g/mol. The van der Waals surface area contributed by atoms with E-state index in [-0.39, 0.29) is 17.9 Å². The lowest BCUT2D eigenvalue weighted by Crippen LogP contribution is -2.39. The van der Waals surface area contributed by atoms with E-state index in [0.29, 0.717) is 5.92 Å². The van der Waals surface area contributed by atoms with Crippen molar-refractivity contribution >= 4 is 5.91 Å². The van der Waals surface area contributed by atoms with Crippen molar-refractivity contribution < 1.29 is 9.90 Å². The van der Waals surface area contributed by atoms with Crippen molar-refractivity contribution in [2.75, 3.05) is 19.6 Å². The number of aliphatic hydroxyl groups is 1. The largest absolute Gasteiger partial charge is 0.393 e. The Hall–Kier alpha value is -0.610. The smallest absolute Gasteiger partial charge is 0.223 e. The average Bonchev–Trinajstić information content (AvgIpc) is 2.73. The van der Waals surface area contributed by atoms with E-state index in [9.17, 15) is 9.90 Å². The molecule has 4 heteroatoms. The first-order chi connectivity index (χ1) is 7.75. The van der Waals surface area contributed by atoms with Crippen LogP contribution in [0.5, 0.6) is 0 Å². The van der Waals surface area contributed by atoms with E-state index in [1.165, 1.54) is 0 Å². The molecule has 1 aliphatic carbocycles. The number of piperidine rings is 1. The number of carbonyl (C=O) groups excluding carboxylic acids is 1. The van der Waals surface area contributed by atoms with Crippen molar-refractivity contribution in [3.8, 4) is 0 Å². The van der Waals surface area contributed by atoms with Gasteiger partial charge in [0.05, 0.1) is 6.10 Å². The van der Waals surface area contributed by atoms with Gasteiger partial charge in [-0.3, -0.25) is 4.79 Å². The number of hydrogen-bond acceptors (Lipinski definition) is 3. The SMILES string of the molecule is O=C(NCC1CCC(O)C1)C1CCNCC1. The molecular weight excluding hydrogens is 204 g/mol. The Morgan fingerprint density at radius 3 is 2.62 bits per heavy atom. The molecule has 0 aromatic carbocycles. The van der Waals surface area contributed by atoms with Crippen LogP contribution in [0, 0.1) is 11.8 Å². The lowest BCUT2D eigenvalue weighted by Gasteiger charge is -2.22. The van der Waals surface area contributed by atoms with Gasteiger partial charge in [0.2, 0.25) is 5.91 Å². The second-order valence-electron chi connectivity index (χ2n) is 5.10. The van der Waals surface area contributed by atoms with E-state index in [1.54, 1.807) is 0 Å². The first kappa shape index (κ1) is 11.9. The van der Waals surface area contributed by atoms with Crippen LogP contribution in [-0.2, 0) is 4.79 Å². The highest BCUT2D eigenvalue weighted by Crippen LogP contribution is 2.24. The topological polar surface area (TPSA) is 61.4 Å². The highest BCUT2D eigenvalue weighted by Gasteiger charge is 2.25. The Morgan fingerprint density at radius 1 is 1.25 bits per heavy atom. The number of nitrogens with one attached hydrogen (secondary N) is 2. The lowest BCUT2D eigenvalue weighted by molar-refractivity contribution is -0.125. The Labute approximate surface area is 96.8 Å². The number of hydrogen-bond donors (Lipinski definition) is 3. The zero-order valence-corrected chi connectivity index (χ0v) is 9.74. The third-order valence-corrected chi connectivity index (χ3v) is 3.79. The zero-order valence-electron chi connectivity index (χ0n) is 9.74. The molecule has 1 amide bonds. The quantitative estimate of drug-likeness (QED) is 0.647. The van der Waals surface area contributed by atoms with Crippen LogP contribution in [0.3, 0.4) is 0 Å². The Kier molecular flexibility index (Phi) is 4.18. The molecule has 0 aromatic heterocycles. The molecule has 2 aliphatic rings. The standard InChI is InChI=1S/C12H22N2O2/c15-11-2-1-9(7-11)8-14-12(16)10-3-5-13-6-4-10/h9-11,13,15H,1-8H2,(H,14,16). The summed E-state index contributed by atoms with van der Waals surface area (Å²) in [5, 5.41) is 15.7. The van der Waals surface area contributed by atoms with Gasteiger partial charge in [0, 0.05) is 12.5 Å². The summed E-state index contributed by atoms with van der Waals surface area (Å²) in [7, 11) is 0. The number of rotatable bonds is 3. The van der Waals surface area contributed by atoms with Crippen LogP contribution < -0.4 is 10.6 Å². The lowest BCUT2D eigenvalue weighted by atomic mass is 9.97. The molecular formula is C12H22N2O2. The van der Waals surface area contributed by atoms with E-state index in [0.717, 1.165) is 51.7 Å². The van der Waals surface area contributed by atoms with E-state index < -0.39 is 0 Å². The van der Waals surface area contributed by atoms with Gasteiger partial charge >= 0.3 is 0 Å². The first-order valence-electron chi connectivity index (χ1n) is 6.42. The summed E-state index contributed by atoms with van der Waals surface area (Å²) < 4.78 is 0. The van der Waals surface area contributed by atoms with Gasteiger partial charge in [-0.25, -0.2) is 0 Å². The predicted octanol–water partition coefficient (Wildman–Crippen LogP) is 0.263. The minimum Gasteiger partial charge on any atom is -0.393 e. The molecule has 92 valence electrons. The molecule has 2 rings (SSSR count). The maximum atomic E-state index is 11.8. The van der Waals surface area contributed by atoms with Crippen LogP contribution >= 0.6 is 0 Å². The Balaban J connectivity index is 1.66. The van der Waals surface area contributed by atoms with Gasteiger partial charge in [-0.05, 0) is 51.1 Å². The summed E-state index contributed by atoms with van der Waals surface area (Å²) in [6.07, 6.45) is 4.58. The van der Waals surface area contributed by atoms with Crippen molar-refractivity contribution in [3.63, 3.8) is 0 Å². The van der Waals surface area contributed by atoms with Gasteiger partial charge in [-0.1, -0.05) is 0 Å². The van der Waals surface area contributed by atoms with Gasteiger partial charge in [0.1, 0.15) is 0 Å². The molecule has 1 aliphatic heterocycles. The van der Waals surface area contributed by atoms with Crippen molar-refractivity contribution in [1.29, 1.82) is 0 Å². The van der Waals surface area contributed by atoms with Gasteiger partial charge in [0.25, 0.3) is 0 Å². The molecule has 0 spiro atoms. The van der Waals surface area contributed by atoms with Gasteiger partial charge in [-0.15, -0.1) is 0 Å². The highest BCUT2D eigenvalue weighted by molar-refractivity contribution is 5.78. The maximum Gasteiger partial charge on any atom is 0.223 e. The van der Waals surface area contributed by atoms with Crippen molar-refractivity contribution in [2.24, 2.45) is 11.8 Å². The van der Waals surface area contributed by atoms with Crippen molar-refractivity contribution in [3.05, 3.63) is 0 Å². The van der Waals surface area contributed by atoms with E-state index in [2.05, 4.69) is 10.6 Å². The monoisotopic (exact) mass is 226 g/mol. The van der Waals surface area contributed by atoms with Crippen LogP contribution in [0.2, 0.25) is 0 Å². The van der Waals surface area contributed by atoms with E-state index >= 15 is 0 Å². The molecule has 16 heavy (non-hydrogen) atoms. The summed E-state index contributed by atoms with van der Waals surface area (Å²) >= 11 is 0. The van der Waals surface area contributed by atoms with Crippen LogP contribution in [0.25, 0.3) is 0 Å². The minimum atomic E-state index is -0.138. The minimum absolute atomic E-state index is 0.138. The van der Waals surface area contributed by atoms with Gasteiger partial charge < -0.3 is 15.7 Å². The van der Waals surface area contributed by atoms with Gasteiger partial charge in [0.15, 0.2) is 0 Å². The summed E-state index contributed by atoms with van der Waals surface area (Å²) in [5.41, 5.74) is 0. The number of aliphatic hydroxyl groups excluding tert-OH is 1. The van der Waals surface area contributed by atoms with Crippen LogP contribution in [0.15, 0.2) is 0 Å². The second kappa shape index (κ2) is 5.64. The Bertz CT molecular complexity index is 239. The molecule has 2 atom stereocenters. The second-order valence-corrected chi connectivity index (χ2v) is 5.10. The van der Waals surface area contributed by atoms with Gasteiger partial charge in [-0.2, -0.15) is 0 Å². The summed E-state index contributed by atoms with van der Waals surface area (Å²) in [5.74, 6) is 0.899. The molecule has 2 unspecified atom stereocenters. The fourth-order valence-electron chi connectivity index (χ4n) is 2.71. The fraction of sp³-hybridized carbons (Fsp3) is 0.917. The molecule has 1 saturated carbocycles. The molecule has 2 fully saturated rings. The van der Waals surface area contributed by atoms with E-state index in [1.807, 2.05) is 0 Å². The molecule has 0 aromatic rings. The summed E-state index contributed by atoms with van der Waals surface area (Å²) in [6, 6.07) is 0. The number of amides is 1. The normalized spacial score (nSPS) is 31.6. The molecule has 0 radical (unpaired) electrons. The molecule has 0 bridgehead atoms. The maximum absolute atomic E-state index is 11.8. The predicted molar refractivity (Wildman–Crippen MR) is 62.0 cm³/mol. The summed E-state index contributed by atoms with van der Waals surface area (Å²) in [4.78, 5) is 11.8. The third kappa shape index (κ3) is 3.19. The fourth-order valence-corrected chi connectivity index (χ4v) is 2.71. The zero-order chi connectivity index (χ0) is 11.4. The third-order valence-electron chi connectivity index (χ3n) is 3.79. The molecule has 1 saturated heterocycles. The first-order valence-corrected chi connectivity index (χ1v) is 6.42. The van der Waals surface area contributed by atoms with Crippen molar-refractivity contribution in [1.82, 2.24) is 10.6 Å². The van der Waals surface area contributed by atoms with Crippen LogP contribution in [0.4, 0.5) is 0 Å². The molecule has 4 nitrogen and oxygen atoms in total. The van der Waals surface area contributed by atoms with Crippen molar-refractivity contribution in [2.45, 2.75) is 38.2 Å². The molecule has 3 N–H and O–H groups in total.